The number of carbonyl (C=O) groups excluding carboxylic acids is 1. The van der Waals surface area contributed by atoms with Crippen molar-refractivity contribution in [3.63, 3.8) is 0 Å². The van der Waals surface area contributed by atoms with Gasteiger partial charge in [0.25, 0.3) is 0 Å². The Kier molecular flexibility index (Phi) is 6.07. The van der Waals surface area contributed by atoms with Crippen LogP contribution in [0.1, 0.15) is 11.1 Å². The van der Waals surface area contributed by atoms with Crippen LogP contribution < -0.4 is 10.1 Å². The standard InChI is InChI=1S/C22H18ClNO2/c23-21-12-5-4-9-18(21)13-14-22(25)24-19-10-6-11-20(15-19)26-16-17-7-2-1-3-8-17/h1-15H,16H2,(H,24,25)/b14-13+. The van der Waals surface area contributed by atoms with Crippen LogP contribution in [0.25, 0.3) is 6.08 Å². The highest BCUT2D eigenvalue weighted by Gasteiger charge is 2.02. The summed E-state index contributed by atoms with van der Waals surface area (Å²) in [6.07, 6.45) is 3.14. The molecule has 26 heavy (non-hydrogen) atoms. The molecule has 0 saturated carbocycles. The van der Waals surface area contributed by atoms with Crippen LogP contribution >= 0.6 is 11.6 Å². The fourth-order valence-electron chi connectivity index (χ4n) is 2.36. The van der Waals surface area contributed by atoms with E-state index in [1.165, 1.54) is 6.08 Å². The number of ether oxygens (including phenoxy) is 1. The van der Waals surface area contributed by atoms with Gasteiger partial charge in [-0.2, -0.15) is 0 Å². The summed E-state index contributed by atoms with van der Waals surface area (Å²) in [7, 11) is 0. The summed E-state index contributed by atoms with van der Waals surface area (Å²) in [5.74, 6) is 0.465. The lowest BCUT2D eigenvalue weighted by atomic mass is 10.2. The molecule has 0 aliphatic heterocycles. The second-order valence-electron chi connectivity index (χ2n) is 5.65. The van der Waals surface area contributed by atoms with Crippen LogP contribution in [0.15, 0.2) is 84.9 Å². The minimum Gasteiger partial charge on any atom is -0.489 e. The summed E-state index contributed by atoms with van der Waals surface area (Å²) in [5.41, 5.74) is 2.55. The Hall–Kier alpha value is -3.04. The van der Waals surface area contributed by atoms with Crippen LogP contribution in [0.4, 0.5) is 5.69 Å². The largest absolute Gasteiger partial charge is 0.489 e. The fourth-order valence-corrected chi connectivity index (χ4v) is 2.56. The van der Waals surface area contributed by atoms with E-state index in [1.54, 1.807) is 18.2 Å². The molecule has 0 aliphatic rings. The molecule has 0 atom stereocenters. The predicted molar refractivity (Wildman–Crippen MR) is 106 cm³/mol. The van der Waals surface area contributed by atoms with Crippen molar-refractivity contribution >= 4 is 29.3 Å². The number of carbonyl (C=O) groups is 1. The van der Waals surface area contributed by atoms with Gasteiger partial charge in [0.2, 0.25) is 5.91 Å². The molecule has 3 nitrogen and oxygen atoms in total. The van der Waals surface area contributed by atoms with E-state index in [0.29, 0.717) is 23.1 Å². The molecule has 0 spiro atoms. The lowest BCUT2D eigenvalue weighted by Gasteiger charge is -2.08. The zero-order chi connectivity index (χ0) is 18.2. The lowest BCUT2D eigenvalue weighted by Crippen LogP contribution is -2.07. The fraction of sp³-hybridized carbons (Fsp3) is 0.0455. The SMILES string of the molecule is O=C(/C=C/c1ccccc1Cl)Nc1cccc(OCc2ccccc2)c1. The molecular weight excluding hydrogens is 346 g/mol. The molecule has 0 radical (unpaired) electrons. The first-order valence-corrected chi connectivity index (χ1v) is 8.59. The summed E-state index contributed by atoms with van der Waals surface area (Å²) in [4.78, 5) is 12.1. The number of amides is 1. The average molecular weight is 364 g/mol. The number of nitrogens with one attached hydrogen (secondary N) is 1. The molecule has 0 saturated heterocycles. The van der Waals surface area contributed by atoms with Gasteiger partial charge in [-0.25, -0.2) is 0 Å². The van der Waals surface area contributed by atoms with Crippen LogP contribution in [0, 0.1) is 0 Å². The minimum atomic E-state index is -0.231. The monoisotopic (exact) mass is 363 g/mol. The van der Waals surface area contributed by atoms with E-state index in [-0.39, 0.29) is 5.91 Å². The van der Waals surface area contributed by atoms with Crippen molar-refractivity contribution in [1.29, 1.82) is 0 Å². The van der Waals surface area contributed by atoms with Crippen LogP contribution in [0.5, 0.6) is 5.75 Å². The molecule has 0 aromatic heterocycles. The first kappa shape index (κ1) is 17.8. The van der Waals surface area contributed by atoms with Gasteiger partial charge in [-0.3, -0.25) is 4.79 Å². The lowest BCUT2D eigenvalue weighted by molar-refractivity contribution is -0.111. The van der Waals surface area contributed by atoms with Crippen LogP contribution in [-0.4, -0.2) is 5.91 Å². The summed E-state index contributed by atoms with van der Waals surface area (Å²) in [5, 5.41) is 3.43. The van der Waals surface area contributed by atoms with Gasteiger partial charge in [0, 0.05) is 22.9 Å². The molecule has 130 valence electrons. The summed E-state index contributed by atoms with van der Waals surface area (Å²) >= 11 is 6.07. The third-order valence-corrected chi connectivity index (χ3v) is 4.01. The van der Waals surface area contributed by atoms with Crippen molar-refractivity contribution in [2.75, 3.05) is 5.32 Å². The maximum Gasteiger partial charge on any atom is 0.248 e. The number of benzene rings is 3. The highest BCUT2D eigenvalue weighted by molar-refractivity contribution is 6.32. The van der Waals surface area contributed by atoms with Gasteiger partial charge < -0.3 is 10.1 Å². The Bertz CT molecular complexity index is 907. The maximum atomic E-state index is 12.1. The Morgan fingerprint density at radius 2 is 1.73 bits per heavy atom. The zero-order valence-electron chi connectivity index (χ0n) is 14.1. The van der Waals surface area contributed by atoms with Crippen molar-refractivity contribution in [3.05, 3.63) is 101 Å². The van der Waals surface area contributed by atoms with E-state index in [0.717, 1.165) is 11.1 Å². The van der Waals surface area contributed by atoms with Crippen molar-refractivity contribution in [2.45, 2.75) is 6.61 Å². The third kappa shape index (κ3) is 5.23. The Balaban J connectivity index is 1.59. The molecule has 0 aliphatic carbocycles. The van der Waals surface area contributed by atoms with Crippen LogP contribution in [0.3, 0.4) is 0 Å². The number of hydrogen-bond donors (Lipinski definition) is 1. The van der Waals surface area contributed by atoms with Crippen LogP contribution in [0.2, 0.25) is 5.02 Å². The first-order chi connectivity index (χ1) is 12.7. The highest BCUT2D eigenvalue weighted by atomic mass is 35.5. The van der Waals surface area contributed by atoms with E-state index >= 15 is 0 Å². The van der Waals surface area contributed by atoms with E-state index in [2.05, 4.69) is 5.32 Å². The normalized spacial score (nSPS) is 10.7. The zero-order valence-corrected chi connectivity index (χ0v) is 14.8. The minimum absolute atomic E-state index is 0.231. The van der Waals surface area contributed by atoms with Gasteiger partial charge in [0.15, 0.2) is 0 Å². The smallest absolute Gasteiger partial charge is 0.248 e. The van der Waals surface area contributed by atoms with Gasteiger partial charge in [-0.1, -0.05) is 66.2 Å². The average Bonchev–Trinajstić information content (AvgIpc) is 2.67. The molecule has 0 unspecified atom stereocenters. The topological polar surface area (TPSA) is 38.3 Å². The summed E-state index contributed by atoms with van der Waals surface area (Å²) in [6.45, 7) is 0.477. The molecule has 1 N–H and O–H groups in total. The third-order valence-electron chi connectivity index (χ3n) is 3.67. The van der Waals surface area contributed by atoms with E-state index in [9.17, 15) is 4.79 Å². The van der Waals surface area contributed by atoms with E-state index in [1.807, 2.05) is 66.7 Å². The molecule has 3 aromatic rings. The molecule has 3 rings (SSSR count). The van der Waals surface area contributed by atoms with E-state index < -0.39 is 0 Å². The van der Waals surface area contributed by atoms with Gasteiger partial charge in [-0.15, -0.1) is 0 Å². The molecule has 0 fully saturated rings. The van der Waals surface area contributed by atoms with Crippen molar-refractivity contribution in [1.82, 2.24) is 0 Å². The highest BCUT2D eigenvalue weighted by Crippen LogP contribution is 2.19. The van der Waals surface area contributed by atoms with Crippen molar-refractivity contribution in [2.24, 2.45) is 0 Å². The molecule has 3 aromatic carbocycles. The molecule has 1 amide bonds. The van der Waals surface area contributed by atoms with Gasteiger partial charge in [0.1, 0.15) is 12.4 Å². The van der Waals surface area contributed by atoms with Gasteiger partial charge >= 0.3 is 0 Å². The second-order valence-corrected chi connectivity index (χ2v) is 6.05. The van der Waals surface area contributed by atoms with E-state index in [4.69, 9.17) is 16.3 Å². The van der Waals surface area contributed by atoms with Crippen molar-refractivity contribution < 1.29 is 9.53 Å². The molecular formula is C22H18ClNO2. The first-order valence-electron chi connectivity index (χ1n) is 8.21. The quantitative estimate of drug-likeness (QED) is 0.581. The molecule has 4 heteroatoms. The Labute approximate surface area is 157 Å². The van der Waals surface area contributed by atoms with Crippen molar-refractivity contribution in [3.8, 4) is 5.75 Å². The maximum absolute atomic E-state index is 12.1. The number of halogens is 1. The molecule has 0 heterocycles. The van der Waals surface area contributed by atoms with Gasteiger partial charge in [-0.05, 0) is 35.4 Å². The number of hydrogen-bond acceptors (Lipinski definition) is 2. The summed E-state index contributed by atoms with van der Waals surface area (Å²) in [6, 6.07) is 24.6. The summed E-state index contributed by atoms with van der Waals surface area (Å²) < 4.78 is 5.77. The Morgan fingerprint density at radius 1 is 0.962 bits per heavy atom. The second kappa shape index (κ2) is 8.88. The van der Waals surface area contributed by atoms with Crippen LogP contribution in [-0.2, 0) is 11.4 Å². The Morgan fingerprint density at radius 3 is 2.54 bits per heavy atom. The molecule has 0 bridgehead atoms. The number of rotatable bonds is 6. The predicted octanol–water partition coefficient (Wildman–Crippen LogP) is 5.57. The van der Waals surface area contributed by atoms with Gasteiger partial charge in [0.05, 0.1) is 0 Å². The number of anilines is 1.